The standard InChI is InChI=1S/C19H21NO4/c1-13-8-14(2)10-16(9-13)11-17(18(21)22)20-19(23)24-12-15-6-4-3-5-7-15/h3-10,17H,11-12H2,1-2H3,(H,20,23)(H,21,22)/t17-/m1/s1. The largest absolute Gasteiger partial charge is 0.480 e. The van der Waals surface area contributed by atoms with Crippen molar-refractivity contribution in [2.24, 2.45) is 0 Å². The van der Waals surface area contributed by atoms with Crippen LogP contribution in [0.25, 0.3) is 0 Å². The van der Waals surface area contributed by atoms with Gasteiger partial charge in [-0.25, -0.2) is 9.59 Å². The molecular formula is C19H21NO4. The van der Waals surface area contributed by atoms with E-state index in [9.17, 15) is 14.7 Å². The van der Waals surface area contributed by atoms with E-state index in [0.717, 1.165) is 22.3 Å². The number of aliphatic carboxylic acids is 1. The third kappa shape index (κ3) is 5.43. The highest BCUT2D eigenvalue weighted by molar-refractivity contribution is 5.80. The van der Waals surface area contributed by atoms with Crippen LogP contribution in [0.2, 0.25) is 0 Å². The van der Waals surface area contributed by atoms with Crippen molar-refractivity contribution in [1.82, 2.24) is 5.32 Å². The highest BCUT2D eigenvalue weighted by Crippen LogP contribution is 2.11. The number of amides is 1. The Labute approximate surface area is 141 Å². The van der Waals surface area contributed by atoms with Crippen molar-refractivity contribution in [2.75, 3.05) is 0 Å². The number of benzene rings is 2. The summed E-state index contributed by atoms with van der Waals surface area (Å²) in [6, 6.07) is 14.0. The minimum atomic E-state index is -1.09. The third-order valence-corrected chi connectivity index (χ3v) is 3.52. The topological polar surface area (TPSA) is 75.6 Å². The molecule has 2 aromatic rings. The Kier molecular flexibility index (Phi) is 5.95. The van der Waals surface area contributed by atoms with Crippen LogP contribution in [0.4, 0.5) is 4.79 Å². The van der Waals surface area contributed by atoms with Crippen LogP contribution < -0.4 is 5.32 Å². The number of alkyl carbamates (subject to hydrolysis) is 1. The quantitative estimate of drug-likeness (QED) is 0.854. The Bertz CT molecular complexity index is 692. The molecule has 0 radical (unpaired) electrons. The first kappa shape index (κ1) is 17.5. The van der Waals surface area contributed by atoms with Crippen LogP contribution in [-0.4, -0.2) is 23.2 Å². The van der Waals surface area contributed by atoms with Crippen molar-refractivity contribution in [1.29, 1.82) is 0 Å². The van der Waals surface area contributed by atoms with Crippen molar-refractivity contribution >= 4 is 12.1 Å². The van der Waals surface area contributed by atoms with Gasteiger partial charge in [0.25, 0.3) is 0 Å². The van der Waals surface area contributed by atoms with Gasteiger partial charge in [0.05, 0.1) is 0 Å². The van der Waals surface area contributed by atoms with Crippen LogP contribution in [0.1, 0.15) is 22.3 Å². The summed E-state index contributed by atoms with van der Waals surface area (Å²) >= 11 is 0. The van der Waals surface area contributed by atoms with Gasteiger partial charge in [0.15, 0.2) is 0 Å². The van der Waals surface area contributed by atoms with E-state index in [4.69, 9.17) is 4.74 Å². The second-order valence-corrected chi connectivity index (χ2v) is 5.80. The lowest BCUT2D eigenvalue weighted by Crippen LogP contribution is -2.42. The van der Waals surface area contributed by atoms with Gasteiger partial charge in [-0.2, -0.15) is 0 Å². The molecule has 0 spiro atoms. The van der Waals surface area contributed by atoms with Crippen LogP contribution >= 0.6 is 0 Å². The molecule has 0 fully saturated rings. The number of carboxylic acid groups (broad SMARTS) is 1. The number of carbonyl (C=O) groups is 2. The fourth-order valence-corrected chi connectivity index (χ4v) is 2.53. The summed E-state index contributed by atoms with van der Waals surface area (Å²) < 4.78 is 5.08. The van der Waals surface area contributed by atoms with E-state index in [1.807, 2.05) is 62.4 Å². The Morgan fingerprint density at radius 3 is 2.25 bits per heavy atom. The summed E-state index contributed by atoms with van der Waals surface area (Å²) in [4.78, 5) is 23.3. The zero-order valence-corrected chi connectivity index (χ0v) is 13.8. The van der Waals surface area contributed by atoms with E-state index in [1.54, 1.807) is 0 Å². The molecule has 0 aromatic heterocycles. The molecule has 0 saturated carbocycles. The van der Waals surface area contributed by atoms with Gasteiger partial charge in [-0.1, -0.05) is 59.7 Å². The van der Waals surface area contributed by atoms with Gasteiger partial charge in [-0.15, -0.1) is 0 Å². The number of ether oxygens (including phenoxy) is 1. The first-order valence-corrected chi connectivity index (χ1v) is 7.71. The predicted octanol–water partition coefficient (Wildman–Crippen LogP) is 3.23. The Morgan fingerprint density at radius 1 is 1.04 bits per heavy atom. The second kappa shape index (κ2) is 8.15. The molecule has 0 aliphatic rings. The molecule has 5 heteroatoms. The van der Waals surface area contributed by atoms with Crippen molar-refractivity contribution < 1.29 is 19.4 Å². The van der Waals surface area contributed by atoms with Gasteiger partial charge in [0.1, 0.15) is 12.6 Å². The van der Waals surface area contributed by atoms with E-state index >= 15 is 0 Å². The van der Waals surface area contributed by atoms with Crippen molar-refractivity contribution in [2.45, 2.75) is 32.9 Å². The van der Waals surface area contributed by atoms with Gasteiger partial charge in [-0.3, -0.25) is 0 Å². The summed E-state index contributed by atoms with van der Waals surface area (Å²) in [5.41, 5.74) is 3.82. The van der Waals surface area contributed by atoms with Gasteiger partial charge in [0, 0.05) is 6.42 Å². The third-order valence-electron chi connectivity index (χ3n) is 3.52. The van der Waals surface area contributed by atoms with E-state index < -0.39 is 18.1 Å². The molecule has 24 heavy (non-hydrogen) atoms. The summed E-state index contributed by atoms with van der Waals surface area (Å²) in [5.74, 6) is -1.09. The van der Waals surface area contributed by atoms with E-state index in [-0.39, 0.29) is 13.0 Å². The highest BCUT2D eigenvalue weighted by Gasteiger charge is 2.21. The van der Waals surface area contributed by atoms with Crippen LogP contribution in [0.15, 0.2) is 48.5 Å². The van der Waals surface area contributed by atoms with Gasteiger partial charge in [-0.05, 0) is 25.0 Å². The first-order valence-electron chi connectivity index (χ1n) is 7.71. The second-order valence-electron chi connectivity index (χ2n) is 5.80. The highest BCUT2D eigenvalue weighted by atomic mass is 16.5. The molecule has 0 unspecified atom stereocenters. The SMILES string of the molecule is Cc1cc(C)cc(C[C@@H](NC(=O)OCc2ccccc2)C(=O)O)c1. The number of rotatable bonds is 6. The minimum absolute atomic E-state index is 0.0998. The molecule has 0 aliphatic heterocycles. The van der Waals surface area contributed by atoms with Crippen molar-refractivity contribution in [3.05, 3.63) is 70.8 Å². The molecule has 0 saturated heterocycles. The maximum Gasteiger partial charge on any atom is 0.408 e. The maximum absolute atomic E-state index is 11.9. The fraction of sp³-hybridized carbons (Fsp3) is 0.263. The fourth-order valence-electron chi connectivity index (χ4n) is 2.53. The molecule has 0 heterocycles. The summed E-state index contributed by atoms with van der Waals surface area (Å²) in [5, 5.41) is 11.8. The Balaban J connectivity index is 1.95. The van der Waals surface area contributed by atoms with Crippen molar-refractivity contribution in [3.63, 3.8) is 0 Å². The average molecular weight is 327 g/mol. The molecule has 2 N–H and O–H groups in total. The van der Waals surface area contributed by atoms with Gasteiger partial charge in [0.2, 0.25) is 0 Å². The summed E-state index contributed by atoms with van der Waals surface area (Å²) in [7, 11) is 0. The lowest BCUT2D eigenvalue weighted by atomic mass is 10.0. The molecular weight excluding hydrogens is 306 g/mol. The smallest absolute Gasteiger partial charge is 0.408 e. The summed E-state index contributed by atoms with van der Waals surface area (Å²) in [6.45, 7) is 4.00. The van der Waals surface area contributed by atoms with Gasteiger partial charge >= 0.3 is 12.1 Å². The normalized spacial score (nSPS) is 11.6. The molecule has 1 amide bonds. The number of aryl methyl sites for hydroxylation is 2. The van der Waals surface area contributed by atoms with Crippen molar-refractivity contribution in [3.8, 4) is 0 Å². The molecule has 2 rings (SSSR count). The summed E-state index contributed by atoms with van der Waals surface area (Å²) in [6.07, 6.45) is -0.534. The maximum atomic E-state index is 11.9. The van der Waals surface area contributed by atoms with E-state index in [1.165, 1.54) is 0 Å². The average Bonchev–Trinajstić information content (AvgIpc) is 2.52. The van der Waals surface area contributed by atoms with Crippen LogP contribution in [0, 0.1) is 13.8 Å². The van der Waals surface area contributed by atoms with Gasteiger partial charge < -0.3 is 15.2 Å². The zero-order chi connectivity index (χ0) is 17.5. The lowest BCUT2D eigenvalue weighted by Gasteiger charge is -2.15. The molecule has 0 aliphatic carbocycles. The van der Waals surface area contributed by atoms with Crippen LogP contribution in [-0.2, 0) is 22.6 Å². The van der Waals surface area contributed by atoms with Crippen LogP contribution in [0.5, 0.6) is 0 Å². The molecule has 0 bridgehead atoms. The monoisotopic (exact) mass is 327 g/mol. The Morgan fingerprint density at radius 2 is 1.67 bits per heavy atom. The predicted molar refractivity (Wildman–Crippen MR) is 90.8 cm³/mol. The lowest BCUT2D eigenvalue weighted by molar-refractivity contribution is -0.139. The van der Waals surface area contributed by atoms with Crippen LogP contribution in [0.3, 0.4) is 0 Å². The number of carbonyl (C=O) groups excluding carboxylic acids is 1. The number of carboxylic acids is 1. The number of nitrogens with one attached hydrogen (secondary N) is 1. The minimum Gasteiger partial charge on any atom is -0.480 e. The number of hydrogen-bond donors (Lipinski definition) is 2. The molecule has 5 nitrogen and oxygen atoms in total. The van der Waals surface area contributed by atoms with E-state index in [0.29, 0.717) is 0 Å². The number of hydrogen-bond acceptors (Lipinski definition) is 3. The molecule has 1 atom stereocenters. The molecule has 2 aromatic carbocycles. The first-order chi connectivity index (χ1) is 11.4. The zero-order valence-electron chi connectivity index (χ0n) is 13.8. The van der Waals surface area contributed by atoms with E-state index in [2.05, 4.69) is 5.32 Å². The Hall–Kier alpha value is -2.82. The molecule has 126 valence electrons.